The fourth-order valence-corrected chi connectivity index (χ4v) is 4.16. The smallest absolute Gasteiger partial charge is 0.223 e. The second-order valence-corrected chi connectivity index (χ2v) is 7.72. The summed E-state index contributed by atoms with van der Waals surface area (Å²) in [4.78, 5) is 20.4. The first-order valence-electron chi connectivity index (χ1n) is 9.97. The van der Waals surface area contributed by atoms with Crippen LogP contribution in [0.2, 0.25) is 0 Å². The molecule has 0 atom stereocenters. The minimum Gasteiger partial charge on any atom is -0.356 e. The molecule has 0 bridgehead atoms. The number of hydrogen-bond acceptors (Lipinski definition) is 3. The van der Waals surface area contributed by atoms with Crippen molar-refractivity contribution in [3.8, 4) is 0 Å². The normalized spacial score (nSPS) is 21.6. The van der Waals surface area contributed by atoms with Crippen molar-refractivity contribution in [1.82, 2.24) is 20.4 Å². The van der Waals surface area contributed by atoms with E-state index in [1.54, 1.807) is 26.0 Å². The van der Waals surface area contributed by atoms with Crippen LogP contribution in [0.15, 0.2) is 4.99 Å². The van der Waals surface area contributed by atoms with Gasteiger partial charge in [0.2, 0.25) is 5.91 Å². The van der Waals surface area contributed by atoms with E-state index in [2.05, 4.69) is 20.5 Å². The first-order chi connectivity index (χ1) is 12.1. The zero-order valence-electron chi connectivity index (χ0n) is 16.4. The monoisotopic (exact) mass is 351 g/mol. The highest BCUT2D eigenvalue weighted by Gasteiger charge is 2.38. The summed E-state index contributed by atoms with van der Waals surface area (Å²) >= 11 is 0. The Morgan fingerprint density at radius 1 is 1.04 bits per heavy atom. The molecule has 0 radical (unpaired) electrons. The molecule has 1 aliphatic heterocycles. The molecule has 25 heavy (non-hydrogen) atoms. The minimum absolute atomic E-state index is 0.139. The number of piperidine rings is 1. The van der Waals surface area contributed by atoms with E-state index in [1.165, 1.54) is 64.5 Å². The van der Waals surface area contributed by atoms with Gasteiger partial charge in [0.05, 0.1) is 0 Å². The number of guanidine groups is 1. The Morgan fingerprint density at radius 3 is 2.28 bits per heavy atom. The molecule has 1 saturated carbocycles. The first kappa shape index (κ1) is 20.0. The molecule has 1 aliphatic carbocycles. The van der Waals surface area contributed by atoms with Gasteiger partial charge in [-0.25, -0.2) is 0 Å². The van der Waals surface area contributed by atoms with Gasteiger partial charge in [0, 0.05) is 46.2 Å². The van der Waals surface area contributed by atoms with Crippen molar-refractivity contribution < 1.29 is 4.79 Å². The molecular formula is C19H37N5O. The predicted octanol–water partition coefficient (Wildman–Crippen LogP) is 1.82. The van der Waals surface area contributed by atoms with E-state index in [9.17, 15) is 4.79 Å². The summed E-state index contributed by atoms with van der Waals surface area (Å²) in [6, 6.07) is 0. The second-order valence-electron chi connectivity index (χ2n) is 7.72. The van der Waals surface area contributed by atoms with E-state index in [0.29, 0.717) is 13.0 Å². The van der Waals surface area contributed by atoms with E-state index in [-0.39, 0.29) is 11.4 Å². The van der Waals surface area contributed by atoms with Crippen LogP contribution in [0.5, 0.6) is 0 Å². The van der Waals surface area contributed by atoms with Gasteiger partial charge in [-0.2, -0.15) is 0 Å². The standard InChI is InChI=1S/C19H37N5O/c1-20-18(21-13-10-17(25)23(2)3)22-16-19(11-6-4-7-12-19)24-14-8-5-9-15-24/h4-16H2,1-3H3,(H2,20,21,22). The number of aliphatic imine (C=N–C) groups is 1. The van der Waals surface area contributed by atoms with Gasteiger partial charge in [0.15, 0.2) is 5.96 Å². The third-order valence-corrected chi connectivity index (χ3v) is 5.75. The highest BCUT2D eigenvalue weighted by molar-refractivity contribution is 5.81. The number of likely N-dealkylation sites (tertiary alicyclic amines) is 1. The van der Waals surface area contributed by atoms with Crippen molar-refractivity contribution in [2.24, 2.45) is 4.99 Å². The molecule has 1 amide bonds. The number of hydrogen-bond donors (Lipinski definition) is 2. The van der Waals surface area contributed by atoms with Crippen LogP contribution in [0.25, 0.3) is 0 Å². The van der Waals surface area contributed by atoms with Crippen LogP contribution in [-0.2, 0) is 4.79 Å². The summed E-state index contributed by atoms with van der Waals surface area (Å²) in [6.07, 6.45) is 11.2. The zero-order valence-corrected chi connectivity index (χ0v) is 16.4. The molecule has 2 fully saturated rings. The van der Waals surface area contributed by atoms with Crippen molar-refractivity contribution >= 4 is 11.9 Å². The molecule has 1 heterocycles. The quantitative estimate of drug-likeness (QED) is 0.566. The Labute approximate surface area is 153 Å². The van der Waals surface area contributed by atoms with Crippen LogP contribution in [0.3, 0.4) is 0 Å². The van der Waals surface area contributed by atoms with Gasteiger partial charge in [0.25, 0.3) is 0 Å². The lowest BCUT2D eigenvalue weighted by Crippen LogP contribution is -2.59. The number of rotatable bonds is 6. The Hall–Kier alpha value is -1.30. The number of amides is 1. The van der Waals surface area contributed by atoms with E-state index in [0.717, 1.165) is 12.5 Å². The lowest BCUT2D eigenvalue weighted by molar-refractivity contribution is -0.128. The molecule has 144 valence electrons. The summed E-state index contributed by atoms with van der Waals surface area (Å²) < 4.78 is 0. The maximum atomic E-state index is 11.7. The number of nitrogens with zero attached hydrogens (tertiary/aromatic N) is 3. The molecule has 0 unspecified atom stereocenters. The van der Waals surface area contributed by atoms with Gasteiger partial charge in [-0.3, -0.25) is 14.7 Å². The topological polar surface area (TPSA) is 60.0 Å². The van der Waals surface area contributed by atoms with Crippen LogP contribution in [0.4, 0.5) is 0 Å². The fourth-order valence-electron chi connectivity index (χ4n) is 4.16. The number of carbonyl (C=O) groups is 1. The van der Waals surface area contributed by atoms with Gasteiger partial charge in [-0.15, -0.1) is 0 Å². The van der Waals surface area contributed by atoms with Crippen molar-refractivity contribution in [2.45, 2.75) is 63.3 Å². The van der Waals surface area contributed by atoms with E-state index in [1.807, 2.05) is 0 Å². The Morgan fingerprint density at radius 2 is 1.68 bits per heavy atom. The molecule has 1 saturated heterocycles. The molecule has 2 rings (SSSR count). The molecule has 0 aromatic rings. The summed E-state index contributed by atoms with van der Waals surface area (Å²) in [6.45, 7) is 4.05. The zero-order chi connectivity index (χ0) is 18.1. The summed E-state index contributed by atoms with van der Waals surface area (Å²) in [5, 5.41) is 6.84. The lowest BCUT2D eigenvalue weighted by atomic mass is 9.79. The van der Waals surface area contributed by atoms with Crippen molar-refractivity contribution in [1.29, 1.82) is 0 Å². The fraction of sp³-hybridized carbons (Fsp3) is 0.895. The molecule has 6 heteroatoms. The predicted molar refractivity (Wildman–Crippen MR) is 104 cm³/mol. The highest BCUT2D eigenvalue weighted by Crippen LogP contribution is 2.35. The van der Waals surface area contributed by atoms with Crippen LogP contribution < -0.4 is 10.6 Å². The number of carbonyl (C=O) groups excluding carboxylic acids is 1. The molecule has 2 N–H and O–H groups in total. The van der Waals surface area contributed by atoms with E-state index in [4.69, 9.17) is 0 Å². The SMILES string of the molecule is CN=C(NCCC(=O)N(C)C)NCC1(N2CCCCC2)CCCCC1. The third kappa shape index (κ3) is 5.87. The van der Waals surface area contributed by atoms with Crippen molar-refractivity contribution in [3.05, 3.63) is 0 Å². The number of nitrogens with one attached hydrogen (secondary N) is 2. The molecule has 0 aromatic carbocycles. The average Bonchev–Trinajstić information content (AvgIpc) is 2.65. The van der Waals surface area contributed by atoms with Gasteiger partial charge >= 0.3 is 0 Å². The van der Waals surface area contributed by atoms with Crippen molar-refractivity contribution in [2.75, 3.05) is 47.3 Å². The summed E-state index contributed by atoms with van der Waals surface area (Å²) in [7, 11) is 5.39. The van der Waals surface area contributed by atoms with Gasteiger partial charge in [-0.1, -0.05) is 25.7 Å². The van der Waals surface area contributed by atoms with Crippen LogP contribution in [-0.4, -0.2) is 74.5 Å². The summed E-state index contributed by atoms with van der Waals surface area (Å²) in [5.41, 5.74) is 0.287. The van der Waals surface area contributed by atoms with Crippen LogP contribution in [0, 0.1) is 0 Å². The van der Waals surface area contributed by atoms with Crippen molar-refractivity contribution in [3.63, 3.8) is 0 Å². The Kier molecular flexibility index (Phi) is 8.00. The second kappa shape index (κ2) is 10.00. The summed E-state index contributed by atoms with van der Waals surface area (Å²) in [5.74, 6) is 0.952. The van der Waals surface area contributed by atoms with Crippen LogP contribution in [0.1, 0.15) is 57.8 Å². The van der Waals surface area contributed by atoms with E-state index < -0.39 is 0 Å². The molecular weight excluding hydrogens is 314 g/mol. The van der Waals surface area contributed by atoms with E-state index >= 15 is 0 Å². The Balaban J connectivity index is 1.86. The average molecular weight is 352 g/mol. The minimum atomic E-state index is 0.139. The molecule has 0 aromatic heterocycles. The first-order valence-corrected chi connectivity index (χ1v) is 9.97. The molecule has 0 spiro atoms. The molecule has 2 aliphatic rings. The van der Waals surface area contributed by atoms with Gasteiger partial charge in [0.1, 0.15) is 0 Å². The largest absolute Gasteiger partial charge is 0.356 e. The Bertz CT molecular complexity index is 437. The van der Waals surface area contributed by atoms with Gasteiger partial charge in [-0.05, 0) is 38.8 Å². The third-order valence-electron chi connectivity index (χ3n) is 5.75. The maximum absolute atomic E-state index is 11.7. The highest BCUT2D eigenvalue weighted by atomic mass is 16.2. The lowest BCUT2D eigenvalue weighted by Gasteiger charge is -2.48. The van der Waals surface area contributed by atoms with Crippen LogP contribution >= 0.6 is 0 Å². The van der Waals surface area contributed by atoms with Gasteiger partial charge < -0.3 is 15.5 Å². The maximum Gasteiger partial charge on any atom is 0.223 e. The molecule has 6 nitrogen and oxygen atoms in total.